The number of aryl methyl sites for hydroxylation is 1. The van der Waals surface area contributed by atoms with Gasteiger partial charge in [0.15, 0.2) is 30.7 Å². The van der Waals surface area contributed by atoms with E-state index in [0.29, 0.717) is 22.9 Å². The van der Waals surface area contributed by atoms with Crippen molar-refractivity contribution < 1.29 is 23.7 Å². The minimum atomic E-state index is -0.366. The Morgan fingerprint density at radius 3 is 2.34 bits per heavy atom. The fraction of sp³-hybridized carbons (Fsp3) is 0.240. The van der Waals surface area contributed by atoms with Crippen molar-refractivity contribution in [3.8, 4) is 23.0 Å². The van der Waals surface area contributed by atoms with Crippen molar-refractivity contribution in [2.24, 2.45) is 0 Å². The van der Waals surface area contributed by atoms with Gasteiger partial charge >= 0.3 is 0 Å². The number of amides is 1. The molecule has 1 N–H and O–H groups in total. The molecule has 0 atom stereocenters. The Kier molecular flexibility index (Phi) is 7.51. The SMILES string of the molecule is CCc1ccc(OCn2cc(NC(=O)c3ccn(COc4c(OC)cccc4OC)n3)cn2)cc1. The normalized spacial score (nSPS) is 10.6. The van der Waals surface area contributed by atoms with Gasteiger partial charge < -0.3 is 24.3 Å². The van der Waals surface area contributed by atoms with Gasteiger partial charge in [-0.2, -0.15) is 10.2 Å². The highest BCUT2D eigenvalue weighted by atomic mass is 16.5. The number of hydrogen-bond acceptors (Lipinski definition) is 7. The molecule has 0 spiro atoms. The molecule has 0 unspecified atom stereocenters. The van der Waals surface area contributed by atoms with Crippen molar-refractivity contribution in [1.82, 2.24) is 19.6 Å². The zero-order valence-corrected chi connectivity index (χ0v) is 19.8. The van der Waals surface area contributed by atoms with Crippen molar-refractivity contribution in [1.29, 1.82) is 0 Å². The highest BCUT2D eigenvalue weighted by molar-refractivity contribution is 6.02. The molecule has 182 valence electrons. The van der Waals surface area contributed by atoms with Gasteiger partial charge in [0.25, 0.3) is 5.91 Å². The Bertz CT molecular complexity index is 1240. The van der Waals surface area contributed by atoms with Crippen LogP contribution >= 0.6 is 0 Å². The number of para-hydroxylation sites is 1. The molecule has 10 heteroatoms. The molecule has 4 rings (SSSR count). The molecule has 35 heavy (non-hydrogen) atoms. The third-order valence-electron chi connectivity index (χ3n) is 5.18. The smallest absolute Gasteiger partial charge is 0.276 e. The first-order chi connectivity index (χ1) is 17.1. The molecule has 0 bridgehead atoms. The molecule has 2 heterocycles. The van der Waals surface area contributed by atoms with Gasteiger partial charge in [0.1, 0.15) is 5.75 Å². The zero-order chi connectivity index (χ0) is 24.6. The van der Waals surface area contributed by atoms with Crippen LogP contribution in [0.1, 0.15) is 23.0 Å². The number of nitrogens with one attached hydrogen (secondary N) is 1. The number of carbonyl (C=O) groups is 1. The summed E-state index contributed by atoms with van der Waals surface area (Å²) in [7, 11) is 3.10. The lowest BCUT2D eigenvalue weighted by molar-refractivity contribution is 0.102. The molecule has 0 aliphatic rings. The van der Waals surface area contributed by atoms with Crippen LogP contribution in [0.5, 0.6) is 23.0 Å². The quantitative estimate of drug-likeness (QED) is 0.349. The average Bonchev–Trinajstić information content (AvgIpc) is 3.56. The summed E-state index contributed by atoms with van der Waals surface area (Å²) in [5, 5.41) is 11.3. The predicted molar refractivity (Wildman–Crippen MR) is 129 cm³/mol. The first-order valence-corrected chi connectivity index (χ1v) is 11.0. The van der Waals surface area contributed by atoms with Gasteiger partial charge in [0.05, 0.1) is 32.3 Å². The standard InChI is InChI=1S/C25H27N5O5/c1-4-18-8-10-20(11-9-18)34-17-30-15-19(14-26-30)27-25(31)21-12-13-29(28-21)16-35-24-22(32-2)6-5-7-23(24)33-3/h5-15H,4,16-17H2,1-3H3,(H,27,31). The van der Waals surface area contributed by atoms with Crippen LogP contribution in [-0.4, -0.2) is 39.7 Å². The van der Waals surface area contributed by atoms with E-state index in [9.17, 15) is 4.79 Å². The maximum atomic E-state index is 12.6. The van der Waals surface area contributed by atoms with E-state index in [1.165, 1.54) is 10.2 Å². The summed E-state index contributed by atoms with van der Waals surface area (Å²) in [5.41, 5.74) is 2.01. The van der Waals surface area contributed by atoms with Crippen LogP contribution in [0.3, 0.4) is 0 Å². The van der Waals surface area contributed by atoms with E-state index < -0.39 is 0 Å². The number of methoxy groups -OCH3 is 2. The lowest BCUT2D eigenvalue weighted by atomic mass is 10.2. The van der Waals surface area contributed by atoms with Gasteiger partial charge in [-0.05, 0) is 42.3 Å². The summed E-state index contributed by atoms with van der Waals surface area (Å²) in [6.07, 6.45) is 5.87. The predicted octanol–water partition coefficient (Wildman–Crippen LogP) is 3.98. The van der Waals surface area contributed by atoms with Gasteiger partial charge in [-0.15, -0.1) is 0 Å². The Labute approximate surface area is 203 Å². The summed E-state index contributed by atoms with van der Waals surface area (Å²) >= 11 is 0. The van der Waals surface area contributed by atoms with E-state index in [1.54, 1.807) is 61.8 Å². The molecule has 2 aromatic carbocycles. The third kappa shape index (κ3) is 5.91. The second-order valence-corrected chi connectivity index (χ2v) is 7.50. The number of ether oxygens (including phenoxy) is 4. The molecule has 0 aliphatic heterocycles. The Morgan fingerprint density at radius 1 is 0.943 bits per heavy atom. The molecular formula is C25H27N5O5. The van der Waals surface area contributed by atoms with Crippen molar-refractivity contribution in [2.75, 3.05) is 19.5 Å². The number of aromatic nitrogens is 4. The van der Waals surface area contributed by atoms with E-state index in [2.05, 4.69) is 22.4 Å². The maximum Gasteiger partial charge on any atom is 0.276 e. The Morgan fingerprint density at radius 2 is 1.66 bits per heavy atom. The monoisotopic (exact) mass is 477 g/mol. The molecule has 0 aliphatic carbocycles. The topological polar surface area (TPSA) is 102 Å². The van der Waals surface area contributed by atoms with Crippen molar-refractivity contribution in [2.45, 2.75) is 26.8 Å². The fourth-order valence-electron chi connectivity index (χ4n) is 3.30. The largest absolute Gasteiger partial charge is 0.493 e. The number of carbonyl (C=O) groups excluding carboxylic acids is 1. The van der Waals surface area contributed by atoms with Gasteiger partial charge in [-0.1, -0.05) is 25.1 Å². The van der Waals surface area contributed by atoms with Crippen LogP contribution in [0.15, 0.2) is 67.1 Å². The van der Waals surface area contributed by atoms with Gasteiger partial charge in [-0.3, -0.25) is 4.79 Å². The summed E-state index contributed by atoms with van der Waals surface area (Å²) < 4.78 is 25.3. The van der Waals surface area contributed by atoms with Crippen LogP contribution in [0.2, 0.25) is 0 Å². The first kappa shape index (κ1) is 23.7. The van der Waals surface area contributed by atoms with Crippen molar-refractivity contribution in [3.63, 3.8) is 0 Å². The lowest BCUT2D eigenvalue weighted by Gasteiger charge is -2.13. The summed E-state index contributed by atoms with van der Waals surface area (Å²) in [4.78, 5) is 12.6. The van der Waals surface area contributed by atoms with Crippen LogP contribution < -0.4 is 24.3 Å². The molecular weight excluding hydrogens is 450 g/mol. The average molecular weight is 478 g/mol. The zero-order valence-electron chi connectivity index (χ0n) is 19.8. The molecule has 0 radical (unpaired) electrons. The van der Waals surface area contributed by atoms with Crippen molar-refractivity contribution >= 4 is 11.6 Å². The summed E-state index contributed by atoms with van der Waals surface area (Å²) in [5.74, 6) is 1.91. The van der Waals surface area contributed by atoms with E-state index in [1.807, 2.05) is 24.3 Å². The van der Waals surface area contributed by atoms with Gasteiger partial charge in [-0.25, -0.2) is 9.36 Å². The number of nitrogens with zero attached hydrogens (tertiary/aromatic N) is 4. The number of benzene rings is 2. The summed E-state index contributed by atoms with van der Waals surface area (Å²) in [6, 6.07) is 14.9. The van der Waals surface area contributed by atoms with Gasteiger partial charge in [0, 0.05) is 6.20 Å². The number of rotatable bonds is 11. The third-order valence-corrected chi connectivity index (χ3v) is 5.18. The van der Waals surface area contributed by atoms with E-state index in [0.717, 1.165) is 12.2 Å². The van der Waals surface area contributed by atoms with E-state index in [-0.39, 0.29) is 25.1 Å². The molecule has 0 saturated carbocycles. The highest BCUT2D eigenvalue weighted by Gasteiger charge is 2.14. The minimum absolute atomic E-state index is 0.0680. The van der Waals surface area contributed by atoms with Crippen LogP contribution in [-0.2, 0) is 19.9 Å². The van der Waals surface area contributed by atoms with Crippen LogP contribution in [0.25, 0.3) is 0 Å². The fourth-order valence-corrected chi connectivity index (χ4v) is 3.30. The number of hydrogen-bond donors (Lipinski definition) is 1. The highest BCUT2D eigenvalue weighted by Crippen LogP contribution is 2.36. The molecule has 0 saturated heterocycles. The van der Waals surface area contributed by atoms with E-state index >= 15 is 0 Å². The van der Waals surface area contributed by atoms with Gasteiger partial charge in [0.2, 0.25) is 5.75 Å². The Hall–Kier alpha value is -4.47. The first-order valence-electron chi connectivity index (χ1n) is 11.0. The summed E-state index contributed by atoms with van der Waals surface area (Å²) in [6.45, 7) is 2.39. The Balaban J connectivity index is 1.31. The van der Waals surface area contributed by atoms with E-state index in [4.69, 9.17) is 18.9 Å². The maximum absolute atomic E-state index is 12.6. The second kappa shape index (κ2) is 11.1. The molecule has 1 amide bonds. The second-order valence-electron chi connectivity index (χ2n) is 7.50. The van der Waals surface area contributed by atoms with Crippen LogP contribution in [0.4, 0.5) is 5.69 Å². The minimum Gasteiger partial charge on any atom is -0.493 e. The van der Waals surface area contributed by atoms with Crippen molar-refractivity contribution in [3.05, 3.63) is 78.4 Å². The molecule has 2 aromatic heterocycles. The number of anilines is 1. The molecule has 10 nitrogen and oxygen atoms in total. The molecule has 0 fully saturated rings. The van der Waals surface area contributed by atoms with Crippen LogP contribution in [0, 0.1) is 0 Å². The lowest BCUT2D eigenvalue weighted by Crippen LogP contribution is -2.14. The molecule has 4 aromatic rings.